The van der Waals surface area contributed by atoms with E-state index >= 15 is 0 Å². The zero-order valence-corrected chi connectivity index (χ0v) is 18.6. The van der Waals surface area contributed by atoms with Gasteiger partial charge in [0.05, 0.1) is 35.5 Å². The molecule has 0 amide bonds. The minimum Gasteiger partial charge on any atom is -0.301 e. The largest absolute Gasteiger partial charge is 0.332 e. The maximum absolute atomic E-state index is 13.3. The third-order valence-electron chi connectivity index (χ3n) is 5.08. The maximum atomic E-state index is 13.3. The molecule has 1 aromatic carbocycles. The summed E-state index contributed by atoms with van der Waals surface area (Å²) in [6.45, 7) is 5.96. The molecular formula is C21H19BrN6O2. The van der Waals surface area contributed by atoms with Crippen LogP contribution in [0.15, 0.2) is 32.5 Å². The van der Waals surface area contributed by atoms with E-state index in [1.54, 1.807) is 18.5 Å². The third-order valence-corrected chi connectivity index (χ3v) is 5.69. The van der Waals surface area contributed by atoms with Gasteiger partial charge in [-0.15, -0.1) is 5.92 Å². The topological polar surface area (TPSA) is 87.6 Å². The number of hydrogen-bond donors (Lipinski definition) is 0. The zero-order chi connectivity index (χ0) is 21.6. The molecule has 0 aliphatic carbocycles. The van der Waals surface area contributed by atoms with Crippen LogP contribution < -0.4 is 11.2 Å². The number of nitrogens with zero attached hydrogens (tertiary/aromatic N) is 6. The lowest BCUT2D eigenvalue weighted by atomic mass is 10.1. The van der Waals surface area contributed by atoms with Crippen LogP contribution in [0.1, 0.15) is 23.9 Å². The van der Waals surface area contributed by atoms with Gasteiger partial charge in [-0.1, -0.05) is 12.0 Å². The normalized spacial score (nSPS) is 11.1. The van der Waals surface area contributed by atoms with Crippen LogP contribution in [0, 0.1) is 25.7 Å². The van der Waals surface area contributed by atoms with Crippen molar-refractivity contribution in [3.8, 4) is 11.8 Å². The summed E-state index contributed by atoms with van der Waals surface area (Å²) in [6.07, 6.45) is 0. The molecular weight excluding hydrogens is 448 g/mol. The number of halogens is 1. The van der Waals surface area contributed by atoms with Crippen molar-refractivity contribution < 1.29 is 0 Å². The second-order valence-electron chi connectivity index (χ2n) is 7.02. The van der Waals surface area contributed by atoms with E-state index in [0.717, 1.165) is 28.0 Å². The molecule has 0 radical (unpaired) electrons. The Bertz CT molecular complexity index is 1500. The third kappa shape index (κ3) is 3.23. The Morgan fingerprint density at radius 1 is 1.03 bits per heavy atom. The number of benzene rings is 1. The van der Waals surface area contributed by atoms with Gasteiger partial charge >= 0.3 is 5.69 Å². The highest BCUT2D eigenvalue weighted by molar-refractivity contribution is 9.10. The number of fused-ring (bicyclic) bond motifs is 2. The van der Waals surface area contributed by atoms with Crippen LogP contribution in [-0.4, -0.2) is 28.7 Å². The molecule has 8 nitrogen and oxygen atoms in total. The molecule has 0 atom stereocenters. The highest BCUT2D eigenvalue weighted by Crippen LogP contribution is 2.17. The van der Waals surface area contributed by atoms with Crippen LogP contribution >= 0.6 is 15.9 Å². The molecule has 0 fully saturated rings. The molecule has 0 saturated heterocycles. The van der Waals surface area contributed by atoms with Gasteiger partial charge in [-0.3, -0.25) is 13.9 Å². The Morgan fingerprint density at radius 2 is 1.73 bits per heavy atom. The van der Waals surface area contributed by atoms with E-state index in [1.807, 2.05) is 32.0 Å². The van der Waals surface area contributed by atoms with Gasteiger partial charge in [0, 0.05) is 7.05 Å². The summed E-state index contributed by atoms with van der Waals surface area (Å²) >= 11 is 3.37. The molecule has 0 saturated carbocycles. The first kappa shape index (κ1) is 20.0. The van der Waals surface area contributed by atoms with Crippen LogP contribution in [0.3, 0.4) is 0 Å². The van der Waals surface area contributed by atoms with Gasteiger partial charge in [-0.2, -0.15) is 0 Å². The van der Waals surface area contributed by atoms with Crippen LogP contribution in [0.4, 0.5) is 0 Å². The molecule has 0 unspecified atom stereocenters. The van der Waals surface area contributed by atoms with Gasteiger partial charge in [-0.05, 0) is 54.4 Å². The summed E-state index contributed by atoms with van der Waals surface area (Å²) in [5, 5.41) is 0. The van der Waals surface area contributed by atoms with Crippen LogP contribution in [0.2, 0.25) is 0 Å². The van der Waals surface area contributed by atoms with Crippen LogP contribution in [-0.2, 0) is 20.1 Å². The zero-order valence-electron chi connectivity index (χ0n) is 17.0. The first-order valence-corrected chi connectivity index (χ1v) is 10.1. The van der Waals surface area contributed by atoms with Crippen molar-refractivity contribution in [1.82, 2.24) is 28.7 Å². The number of aryl methyl sites for hydroxylation is 3. The molecule has 0 bridgehead atoms. The first-order valence-electron chi connectivity index (χ1n) is 9.31. The van der Waals surface area contributed by atoms with Gasteiger partial charge in [0.15, 0.2) is 15.9 Å². The van der Waals surface area contributed by atoms with E-state index in [1.165, 1.54) is 9.13 Å². The van der Waals surface area contributed by atoms with Gasteiger partial charge in [0.1, 0.15) is 0 Å². The van der Waals surface area contributed by atoms with E-state index in [0.29, 0.717) is 22.4 Å². The molecule has 3 aromatic heterocycles. The molecule has 30 heavy (non-hydrogen) atoms. The molecule has 0 aliphatic rings. The van der Waals surface area contributed by atoms with Crippen molar-refractivity contribution >= 4 is 38.1 Å². The Kier molecular flexibility index (Phi) is 5.03. The Balaban J connectivity index is 1.89. The minimum absolute atomic E-state index is 0.119. The summed E-state index contributed by atoms with van der Waals surface area (Å²) in [4.78, 5) is 39.6. The molecule has 0 aliphatic heterocycles. The van der Waals surface area contributed by atoms with Crippen molar-refractivity contribution in [3.05, 3.63) is 60.7 Å². The predicted molar refractivity (Wildman–Crippen MR) is 118 cm³/mol. The molecule has 4 aromatic rings. The van der Waals surface area contributed by atoms with Crippen molar-refractivity contribution in [2.75, 3.05) is 0 Å². The molecule has 152 valence electrons. The van der Waals surface area contributed by atoms with E-state index < -0.39 is 11.2 Å². The first-order chi connectivity index (χ1) is 14.3. The smallest absolute Gasteiger partial charge is 0.301 e. The van der Waals surface area contributed by atoms with Crippen LogP contribution in [0.25, 0.3) is 22.2 Å². The van der Waals surface area contributed by atoms with Crippen molar-refractivity contribution in [2.24, 2.45) is 7.05 Å². The number of imidazole rings is 1. The summed E-state index contributed by atoms with van der Waals surface area (Å²) in [7, 11) is 1.61. The van der Waals surface area contributed by atoms with Crippen LogP contribution in [0.5, 0.6) is 0 Å². The maximum Gasteiger partial charge on any atom is 0.332 e. The molecule has 0 N–H and O–H groups in total. The van der Waals surface area contributed by atoms with E-state index in [4.69, 9.17) is 0 Å². The Labute approximate surface area is 180 Å². The lowest BCUT2D eigenvalue weighted by molar-refractivity contribution is 0.654. The molecule has 0 spiro atoms. The summed E-state index contributed by atoms with van der Waals surface area (Å²) in [5.41, 5.74) is 3.83. The van der Waals surface area contributed by atoms with Crippen molar-refractivity contribution in [1.29, 1.82) is 0 Å². The monoisotopic (exact) mass is 466 g/mol. The highest BCUT2D eigenvalue weighted by atomic mass is 79.9. The quantitative estimate of drug-likeness (QED) is 0.341. The summed E-state index contributed by atoms with van der Waals surface area (Å²) in [6, 6.07) is 5.58. The lowest BCUT2D eigenvalue weighted by Gasteiger charge is -2.10. The van der Waals surface area contributed by atoms with Crippen molar-refractivity contribution in [3.63, 3.8) is 0 Å². The SMILES string of the molecule is CC#CCn1c(Br)nc2c1c(=O)n(Cc1ccc3nc(C)c(C)nc3c1)c(=O)n2C. The van der Waals surface area contributed by atoms with E-state index in [9.17, 15) is 9.59 Å². The van der Waals surface area contributed by atoms with Gasteiger partial charge in [-0.25, -0.2) is 19.7 Å². The Morgan fingerprint density at radius 3 is 2.43 bits per heavy atom. The average molecular weight is 467 g/mol. The van der Waals surface area contributed by atoms with E-state index in [-0.39, 0.29) is 6.54 Å². The average Bonchev–Trinajstić information content (AvgIpc) is 3.05. The van der Waals surface area contributed by atoms with E-state index in [2.05, 4.69) is 42.7 Å². The number of aromatic nitrogens is 6. The number of hydrogen-bond acceptors (Lipinski definition) is 5. The van der Waals surface area contributed by atoms with Crippen molar-refractivity contribution in [2.45, 2.75) is 33.9 Å². The fourth-order valence-corrected chi connectivity index (χ4v) is 3.81. The Hall–Kier alpha value is -3.25. The fraction of sp³-hybridized carbons (Fsp3) is 0.286. The van der Waals surface area contributed by atoms with Gasteiger partial charge in [0.25, 0.3) is 5.56 Å². The standard InChI is InChI=1S/C21H19BrN6O2/c1-5-6-9-27-17-18(25-20(27)22)26(4)21(30)28(19(17)29)11-14-7-8-15-16(10-14)24-13(3)12(2)23-15/h7-8,10H,9,11H2,1-4H3. The lowest BCUT2D eigenvalue weighted by Crippen LogP contribution is -2.40. The highest BCUT2D eigenvalue weighted by Gasteiger charge is 2.19. The summed E-state index contributed by atoms with van der Waals surface area (Å²) < 4.78 is 4.72. The van der Waals surface area contributed by atoms with Gasteiger partial charge in [0.2, 0.25) is 0 Å². The predicted octanol–water partition coefficient (Wildman–Crippen LogP) is 2.29. The number of rotatable bonds is 3. The molecule has 3 heterocycles. The fourth-order valence-electron chi connectivity index (χ4n) is 3.34. The second-order valence-corrected chi connectivity index (χ2v) is 7.73. The summed E-state index contributed by atoms with van der Waals surface area (Å²) in [5.74, 6) is 5.75. The molecule has 4 rings (SSSR count). The molecule has 9 heteroatoms. The second kappa shape index (κ2) is 7.54. The minimum atomic E-state index is -0.433. The van der Waals surface area contributed by atoms with Gasteiger partial charge < -0.3 is 4.57 Å².